The topological polar surface area (TPSA) is 61.8 Å². The molecule has 0 unspecified atom stereocenters. The first-order chi connectivity index (χ1) is 20.2. The van der Waals surface area contributed by atoms with Crippen molar-refractivity contribution in [3.05, 3.63) is 22.6 Å². The van der Waals surface area contributed by atoms with Crippen LogP contribution < -0.4 is 0 Å². The fourth-order valence-corrected chi connectivity index (χ4v) is 9.06. The van der Waals surface area contributed by atoms with Crippen LogP contribution in [0.3, 0.4) is 0 Å². The zero-order chi connectivity index (χ0) is 33.9. The van der Waals surface area contributed by atoms with Crippen LogP contribution >= 0.6 is 11.8 Å². The van der Waals surface area contributed by atoms with E-state index in [1.807, 2.05) is 11.8 Å². The molecule has 1 rings (SSSR count). The molecule has 0 aromatic heterocycles. The van der Waals surface area contributed by atoms with Gasteiger partial charge in [-0.05, 0) is 74.1 Å². The van der Waals surface area contributed by atoms with Gasteiger partial charge in [0, 0.05) is 29.2 Å². The number of hydrogen-bond donors (Lipinski definition) is 0. The summed E-state index contributed by atoms with van der Waals surface area (Å²) in [6, 6.07) is 0. The summed E-state index contributed by atoms with van der Waals surface area (Å²) in [7, 11) is -2.63. The molecule has 256 valence electrons. The van der Waals surface area contributed by atoms with Gasteiger partial charge in [0.2, 0.25) is 0 Å². The number of carbonyl (C=O) groups is 2. The lowest BCUT2D eigenvalue weighted by molar-refractivity contribution is -0.140. The van der Waals surface area contributed by atoms with E-state index in [1.54, 1.807) is 6.92 Å². The number of rotatable bonds is 19. The van der Waals surface area contributed by atoms with Crippen molar-refractivity contribution in [1.82, 2.24) is 0 Å². The Morgan fingerprint density at radius 3 is 2.11 bits per heavy atom. The summed E-state index contributed by atoms with van der Waals surface area (Å²) < 4.78 is 18.9. The van der Waals surface area contributed by atoms with Crippen LogP contribution in [0.5, 0.6) is 0 Å². The Labute approximate surface area is 278 Å². The zero-order valence-electron chi connectivity index (χ0n) is 31.0. The fraction of sp³-hybridized carbons (Fsp3) is 0.833. The minimum atomic E-state index is -2.08. The van der Waals surface area contributed by atoms with E-state index < -0.39 is 16.6 Å². The van der Waals surface area contributed by atoms with Gasteiger partial charge in [0.15, 0.2) is 22.4 Å². The number of carbonyl (C=O) groups excluding carboxylic acids is 2. The van der Waals surface area contributed by atoms with Crippen molar-refractivity contribution in [2.75, 3.05) is 12.9 Å². The predicted octanol–water partition coefficient (Wildman–Crippen LogP) is 10.9. The third-order valence-corrected chi connectivity index (χ3v) is 20.4. The van der Waals surface area contributed by atoms with Gasteiger partial charge in [-0.25, -0.2) is 0 Å². The summed E-state index contributed by atoms with van der Waals surface area (Å²) in [6.07, 6.45) is 13.3. The molecule has 0 amide bonds. The van der Waals surface area contributed by atoms with Gasteiger partial charge in [-0.15, -0.1) is 11.8 Å². The molecule has 0 fully saturated rings. The summed E-state index contributed by atoms with van der Waals surface area (Å²) in [5.41, 5.74) is 0.932. The monoisotopic (exact) mass is 668 g/mol. The van der Waals surface area contributed by atoms with Crippen LogP contribution in [-0.4, -0.2) is 53.5 Å². The van der Waals surface area contributed by atoms with E-state index in [0.717, 1.165) is 37.0 Å². The van der Waals surface area contributed by atoms with Crippen molar-refractivity contribution in [3.8, 4) is 0 Å². The van der Waals surface area contributed by atoms with Crippen LogP contribution in [0, 0.1) is 11.8 Å². The number of hydrogen-bond acceptors (Lipinski definition) is 6. The Kier molecular flexibility index (Phi) is 16.9. The van der Waals surface area contributed by atoms with Crippen molar-refractivity contribution in [3.63, 3.8) is 0 Å². The second-order valence-corrected chi connectivity index (χ2v) is 26.7. The first kappa shape index (κ1) is 41.3. The Hall–Kier alpha value is -0.676. The zero-order valence-corrected chi connectivity index (χ0v) is 33.8. The lowest BCUT2D eigenvalue weighted by Gasteiger charge is -2.40. The Morgan fingerprint density at radius 2 is 1.59 bits per heavy atom. The van der Waals surface area contributed by atoms with Crippen LogP contribution in [0.15, 0.2) is 22.6 Å². The molecule has 1 aliphatic carbocycles. The molecule has 8 heteroatoms. The molecule has 0 radical (unpaired) electrons. The van der Waals surface area contributed by atoms with E-state index in [0.29, 0.717) is 18.8 Å². The molecule has 0 aliphatic heterocycles. The maximum absolute atomic E-state index is 13.0. The van der Waals surface area contributed by atoms with Crippen molar-refractivity contribution in [2.24, 2.45) is 11.8 Å². The smallest absolute Gasteiger partial charge is 0.305 e. The number of ether oxygens (including phenoxy) is 1. The fourth-order valence-electron chi connectivity index (χ4n) is 5.05. The lowest BCUT2D eigenvalue weighted by Crippen LogP contribution is -2.45. The van der Waals surface area contributed by atoms with E-state index in [9.17, 15) is 9.59 Å². The van der Waals surface area contributed by atoms with Gasteiger partial charge >= 0.3 is 5.97 Å². The molecule has 0 saturated carbocycles. The van der Waals surface area contributed by atoms with E-state index in [1.165, 1.54) is 31.3 Å². The number of unbranched alkanes of at least 4 members (excludes halogenated alkanes) is 3. The summed E-state index contributed by atoms with van der Waals surface area (Å²) >= 11 is 1.82. The Bertz CT molecular complexity index is 974. The van der Waals surface area contributed by atoms with E-state index in [4.69, 9.17) is 13.6 Å². The Balaban J connectivity index is 3.41. The molecule has 0 aromatic rings. The van der Waals surface area contributed by atoms with Gasteiger partial charge in [-0.1, -0.05) is 93.2 Å². The third-order valence-electron chi connectivity index (χ3n) is 10.1. The first-order valence-electron chi connectivity index (χ1n) is 17.1. The highest BCUT2D eigenvalue weighted by atomic mass is 32.2. The molecule has 5 nitrogen and oxygen atoms in total. The van der Waals surface area contributed by atoms with Gasteiger partial charge in [0.05, 0.1) is 19.3 Å². The number of esters is 1. The number of methoxy groups -OCH3 is 1. The Morgan fingerprint density at radius 1 is 0.977 bits per heavy atom. The standard InChI is InChI=1S/C36H68O5SSi2/c1-15-16-20-27(2)25-29(40-43(11,12)35(4,5)6)22-23-30-32(41-44(13,14)36(7,8)9)26-31(28(3)37)34(30)42-24-19-17-18-21-33(38)39-10/h22-23,27,29-30,32H,15-21,24-26H2,1-14H3/b23-22+/t27-,29-,30+,32-/m1/s1. The summed E-state index contributed by atoms with van der Waals surface area (Å²) in [6.45, 7) is 29.4. The minimum absolute atomic E-state index is 0.0413. The highest BCUT2D eigenvalue weighted by molar-refractivity contribution is 8.03. The van der Waals surface area contributed by atoms with Crippen LogP contribution in [0.1, 0.15) is 120 Å². The lowest BCUT2D eigenvalue weighted by atomic mass is 9.96. The van der Waals surface area contributed by atoms with E-state index >= 15 is 0 Å². The summed E-state index contributed by atoms with van der Waals surface area (Å²) in [5, 5.41) is 0.208. The molecular formula is C36H68O5SSi2. The van der Waals surface area contributed by atoms with E-state index in [2.05, 4.69) is 93.7 Å². The van der Waals surface area contributed by atoms with Crippen molar-refractivity contribution in [2.45, 2.75) is 169 Å². The van der Waals surface area contributed by atoms with Crippen molar-refractivity contribution in [1.29, 1.82) is 0 Å². The van der Waals surface area contributed by atoms with Crippen LogP contribution in [0.4, 0.5) is 0 Å². The average Bonchev–Trinajstić information content (AvgIpc) is 3.22. The maximum Gasteiger partial charge on any atom is 0.305 e. The first-order valence-corrected chi connectivity index (χ1v) is 23.9. The van der Waals surface area contributed by atoms with E-state index in [-0.39, 0.29) is 40.0 Å². The van der Waals surface area contributed by atoms with Gasteiger partial charge < -0.3 is 13.6 Å². The third kappa shape index (κ3) is 13.2. The number of ketones is 1. The van der Waals surface area contributed by atoms with Crippen LogP contribution in [0.2, 0.25) is 36.3 Å². The molecule has 4 atom stereocenters. The van der Waals surface area contributed by atoms with Gasteiger partial charge in [-0.2, -0.15) is 0 Å². The summed E-state index contributed by atoms with van der Waals surface area (Å²) in [5.74, 6) is 1.55. The molecule has 0 spiro atoms. The average molecular weight is 669 g/mol. The molecule has 1 aliphatic rings. The largest absolute Gasteiger partial charge is 0.469 e. The quantitative estimate of drug-likeness (QED) is 0.0591. The molecule has 0 bridgehead atoms. The second kappa shape index (κ2) is 18.0. The molecule has 0 N–H and O–H groups in total. The predicted molar refractivity (Wildman–Crippen MR) is 195 cm³/mol. The molecule has 0 heterocycles. The molecule has 0 aromatic carbocycles. The SMILES string of the molecule is CCCC[C@@H](C)C[C@@H](/C=C/[C@@H]1C(SCCCCCC(=O)OC)=C(C(C)=O)C[C@H]1O[Si](C)(C)C(C)(C)C)O[Si](C)(C)C(C)(C)C. The van der Waals surface area contributed by atoms with Crippen LogP contribution in [-0.2, 0) is 23.2 Å². The van der Waals surface area contributed by atoms with Crippen molar-refractivity contribution >= 4 is 40.1 Å². The summed E-state index contributed by atoms with van der Waals surface area (Å²) in [4.78, 5) is 25.7. The highest BCUT2D eigenvalue weighted by Crippen LogP contribution is 2.47. The van der Waals surface area contributed by atoms with Crippen molar-refractivity contribution < 1.29 is 23.2 Å². The molecule has 44 heavy (non-hydrogen) atoms. The van der Waals surface area contributed by atoms with Gasteiger partial charge in [-0.3, -0.25) is 9.59 Å². The molecule has 0 saturated heterocycles. The number of Topliss-reactive ketones (excluding diaryl/α,β-unsaturated/α-hetero) is 1. The minimum Gasteiger partial charge on any atom is -0.469 e. The van der Waals surface area contributed by atoms with Gasteiger partial charge in [0.25, 0.3) is 0 Å². The second-order valence-electron chi connectivity index (χ2n) is 16.1. The van der Waals surface area contributed by atoms with Crippen LogP contribution in [0.25, 0.3) is 0 Å². The number of thioether (sulfide) groups is 1. The highest BCUT2D eigenvalue weighted by Gasteiger charge is 2.44. The van der Waals surface area contributed by atoms with Gasteiger partial charge in [0.1, 0.15) is 0 Å². The molecular weight excluding hydrogens is 601 g/mol. The maximum atomic E-state index is 13.0. The normalized spacial score (nSPS) is 20.0.